The number of carbonyl (C=O) groups is 1. The molecule has 1 amide bonds. The number of carbonyl (C=O) groups excluding carboxylic acids is 1. The van der Waals surface area contributed by atoms with E-state index >= 15 is 0 Å². The van der Waals surface area contributed by atoms with Gasteiger partial charge in [-0.3, -0.25) is 14.7 Å². The van der Waals surface area contributed by atoms with Gasteiger partial charge in [0.2, 0.25) is 5.91 Å². The third-order valence-electron chi connectivity index (χ3n) is 3.98. The van der Waals surface area contributed by atoms with Crippen molar-refractivity contribution in [1.29, 1.82) is 0 Å². The van der Waals surface area contributed by atoms with E-state index in [4.69, 9.17) is 9.47 Å². The van der Waals surface area contributed by atoms with Gasteiger partial charge in [-0.05, 0) is 12.1 Å². The second-order valence-electron chi connectivity index (χ2n) is 5.81. The average Bonchev–Trinajstić information content (AvgIpc) is 2.60. The summed E-state index contributed by atoms with van der Waals surface area (Å²) in [6, 6.07) is 5.95. The normalized spacial score (nSPS) is 27.9. The first kappa shape index (κ1) is 14.4. The van der Waals surface area contributed by atoms with E-state index in [1.54, 1.807) is 11.9 Å². The molecule has 0 aliphatic carbocycles. The van der Waals surface area contributed by atoms with Crippen LogP contribution in [0.15, 0.2) is 24.4 Å². The molecule has 2 saturated heterocycles. The summed E-state index contributed by atoms with van der Waals surface area (Å²) in [5.74, 6) is 0.0114. The minimum atomic E-state index is -0.423. The zero-order chi connectivity index (χ0) is 14.7. The van der Waals surface area contributed by atoms with E-state index in [1.165, 1.54) is 0 Å². The van der Waals surface area contributed by atoms with Crippen LogP contribution >= 0.6 is 0 Å². The topological polar surface area (TPSA) is 54.9 Å². The van der Waals surface area contributed by atoms with Crippen molar-refractivity contribution in [3.8, 4) is 0 Å². The third-order valence-corrected chi connectivity index (χ3v) is 3.98. The largest absolute Gasteiger partial charge is 0.369 e. The molecule has 0 aromatic carbocycles. The number of hydrogen-bond acceptors (Lipinski definition) is 5. The maximum absolute atomic E-state index is 11.7. The number of morpholine rings is 1. The maximum atomic E-state index is 11.7. The Bertz CT molecular complexity index is 496. The minimum absolute atomic E-state index is 0.0114. The lowest BCUT2D eigenvalue weighted by atomic mass is 10.0. The number of rotatable bonds is 2. The molecule has 6 heteroatoms. The molecule has 0 radical (unpaired) electrons. The van der Waals surface area contributed by atoms with Crippen LogP contribution in [0.3, 0.4) is 0 Å². The van der Waals surface area contributed by atoms with Crippen molar-refractivity contribution in [2.75, 3.05) is 46.5 Å². The SMILES string of the molecule is CN1CC2(COCC1=O)CN(Cc1ccccn1)CCO2. The molecule has 2 aliphatic rings. The summed E-state index contributed by atoms with van der Waals surface area (Å²) in [4.78, 5) is 20.1. The Kier molecular flexibility index (Phi) is 4.19. The molecule has 6 nitrogen and oxygen atoms in total. The Morgan fingerprint density at radius 1 is 1.38 bits per heavy atom. The van der Waals surface area contributed by atoms with Gasteiger partial charge in [-0.1, -0.05) is 6.07 Å². The molecule has 3 rings (SSSR count). The molecule has 1 atom stereocenters. The molecule has 0 bridgehead atoms. The quantitative estimate of drug-likeness (QED) is 0.776. The number of ether oxygens (including phenoxy) is 2. The van der Waals surface area contributed by atoms with Crippen LogP contribution in [-0.4, -0.2) is 72.8 Å². The Labute approximate surface area is 124 Å². The number of pyridine rings is 1. The Hall–Kier alpha value is -1.50. The lowest BCUT2D eigenvalue weighted by Crippen LogP contribution is -2.58. The van der Waals surface area contributed by atoms with E-state index in [1.807, 2.05) is 24.4 Å². The zero-order valence-electron chi connectivity index (χ0n) is 12.3. The van der Waals surface area contributed by atoms with Gasteiger partial charge in [-0.25, -0.2) is 0 Å². The van der Waals surface area contributed by atoms with Crippen LogP contribution in [0.25, 0.3) is 0 Å². The van der Waals surface area contributed by atoms with E-state index in [9.17, 15) is 4.79 Å². The van der Waals surface area contributed by atoms with Gasteiger partial charge in [0.05, 0.1) is 25.5 Å². The van der Waals surface area contributed by atoms with Crippen molar-refractivity contribution in [2.24, 2.45) is 0 Å². The Morgan fingerprint density at radius 2 is 2.29 bits per heavy atom. The lowest BCUT2D eigenvalue weighted by Gasteiger charge is -2.42. The van der Waals surface area contributed by atoms with Gasteiger partial charge >= 0.3 is 0 Å². The molecule has 114 valence electrons. The van der Waals surface area contributed by atoms with Crippen molar-refractivity contribution in [2.45, 2.75) is 12.1 Å². The average molecular weight is 291 g/mol. The van der Waals surface area contributed by atoms with Crippen LogP contribution in [0.2, 0.25) is 0 Å². The summed E-state index contributed by atoms with van der Waals surface area (Å²) >= 11 is 0. The molecule has 2 fully saturated rings. The highest BCUT2D eigenvalue weighted by molar-refractivity contribution is 5.77. The summed E-state index contributed by atoms with van der Waals surface area (Å²) in [5, 5.41) is 0. The molecular formula is C15H21N3O3. The van der Waals surface area contributed by atoms with E-state index in [0.29, 0.717) is 19.8 Å². The molecule has 2 aliphatic heterocycles. The predicted molar refractivity (Wildman–Crippen MR) is 76.7 cm³/mol. The van der Waals surface area contributed by atoms with Crippen LogP contribution in [0.5, 0.6) is 0 Å². The number of aromatic nitrogens is 1. The number of amides is 1. The summed E-state index contributed by atoms with van der Waals surface area (Å²) in [6.45, 7) is 4.24. The second-order valence-corrected chi connectivity index (χ2v) is 5.81. The monoisotopic (exact) mass is 291 g/mol. The lowest BCUT2D eigenvalue weighted by molar-refractivity contribution is -0.143. The van der Waals surface area contributed by atoms with Gasteiger partial charge in [0.25, 0.3) is 0 Å². The van der Waals surface area contributed by atoms with Crippen LogP contribution in [0, 0.1) is 0 Å². The van der Waals surface area contributed by atoms with Crippen LogP contribution in [0.1, 0.15) is 5.69 Å². The summed E-state index contributed by atoms with van der Waals surface area (Å²) in [7, 11) is 1.81. The molecule has 1 aromatic rings. The molecule has 0 N–H and O–H groups in total. The van der Waals surface area contributed by atoms with Gasteiger partial charge in [0.1, 0.15) is 12.2 Å². The first-order chi connectivity index (χ1) is 10.2. The smallest absolute Gasteiger partial charge is 0.248 e. The van der Waals surface area contributed by atoms with Gasteiger partial charge < -0.3 is 14.4 Å². The minimum Gasteiger partial charge on any atom is -0.369 e. The molecule has 1 unspecified atom stereocenters. The fourth-order valence-electron chi connectivity index (χ4n) is 2.96. The Balaban J connectivity index is 1.68. The van der Waals surface area contributed by atoms with Crippen molar-refractivity contribution in [1.82, 2.24) is 14.8 Å². The van der Waals surface area contributed by atoms with E-state index in [-0.39, 0.29) is 12.5 Å². The fraction of sp³-hybridized carbons (Fsp3) is 0.600. The van der Waals surface area contributed by atoms with E-state index in [0.717, 1.165) is 25.3 Å². The third kappa shape index (κ3) is 3.40. The standard InChI is InChI=1S/C15H21N3O3/c1-17-10-15(12-20-9-14(17)19)11-18(6-7-21-15)8-13-4-2-3-5-16-13/h2-5H,6-12H2,1H3. The summed E-state index contributed by atoms with van der Waals surface area (Å²) < 4.78 is 11.5. The molecule has 21 heavy (non-hydrogen) atoms. The van der Waals surface area contributed by atoms with Gasteiger partial charge in [0.15, 0.2) is 0 Å². The highest BCUT2D eigenvalue weighted by atomic mass is 16.5. The summed E-state index contributed by atoms with van der Waals surface area (Å²) in [6.07, 6.45) is 1.81. The van der Waals surface area contributed by atoms with Crippen molar-refractivity contribution in [3.05, 3.63) is 30.1 Å². The highest BCUT2D eigenvalue weighted by Crippen LogP contribution is 2.23. The molecular weight excluding hydrogens is 270 g/mol. The highest BCUT2D eigenvalue weighted by Gasteiger charge is 2.41. The van der Waals surface area contributed by atoms with Crippen molar-refractivity contribution < 1.29 is 14.3 Å². The van der Waals surface area contributed by atoms with Crippen LogP contribution < -0.4 is 0 Å². The predicted octanol–water partition coefficient (Wildman–Crippen LogP) is 0.141. The van der Waals surface area contributed by atoms with Crippen molar-refractivity contribution in [3.63, 3.8) is 0 Å². The fourth-order valence-corrected chi connectivity index (χ4v) is 2.96. The summed E-state index contributed by atoms with van der Waals surface area (Å²) in [5.41, 5.74) is 0.627. The van der Waals surface area contributed by atoms with Gasteiger partial charge in [0, 0.05) is 32.9 Å². The van der Waals surface area contributed by atoms with Gasteiger partial charge in [-0.2, -0.15) is 0 Å². The second kappa shape index (κ2) is 6.09. The first-order valence-electron chi connectivity index (χ1n) is 7.25. The molecule has 1 spiro atoms. The Morgan fingerprint density at radius 3 is 3.10 bits per heavy atom. The van der Waals surface area contributed by atoms with Gasteiger partial charge in [-0.15, -0.1) is 0 Å². The number of likely N-dealkylation sites (N-methyl/N-ethyl adjacent to an activating group) is 1. The molecule has 0 saturated carbocycles. The van der Waals surface area contributed by atoms with E-state index < -0.39 is 5.60 Å². The van der Waals surface area contributed by atoms with E-state index in [2.05, 4.69) is 9.88 Å². The maximum Gasteiger partial charge on any atom is 0.248 e. The zero-order valence-corrected chi connectivity index (χ0v) is 12.3. The molecule has 1 aromatic heterocycles. The first-order valence-corrected chi connectivity index (χ1v) is 7.25. The van der Waals surface area contributed by atoms with Crippen LogP contribution in [-0.2, 0) is 20.8 Å². The molecule has 3 heterocycles. The van der Waals surface area contributed by atoms with Crippen LogP contribution in [0.4, 0.5) is 0 Å². The number of hydrogen-bond donors (Lipinski definition) is 0. The number of nitrogens with zero attached hydrogens (tertiary/aromatic N) is 3. The van der Waals surface area contributed by atoms with Crippen molar-refractivity contribution >= 4 is 5.91 Å².